The molecule has 0 aromatic heterocycles. The monoisotopic (exact) mass is 358 g/mol. The number of rotatable bonds is 6. The molecule has 2 saturated heterocycles. The molecule has 142 valence electrons. The minimum atomic E-state index is 0.0546. The number of likely N-dealkylation sites (tertiary alicyclic amines) is 2. The summed E-state index contributed by atoms with van der Waals surface area (Å²) in [5, 5.41) is 6.28. The van der Waals surface area contributed by atoms with Gasteiger partial charge in [-0.05, 0) is 57.0 Å². The number of carbonyl (C=O) groups is 2. The van der Waals surface area contributed by atoms with Crippen LogP contribution in [-0.2, 0) is 11.3 Å². The second-order valence-electron chi connectivity index (χ2n) is 7.34. The van der Waals surface area contributed by atoms with Gasteiger partial charge in [0.25, 0.3) is 5.91 Å². The molecule has 1 aromatic rings. The van der Waals surface area contributed by atoms with Crippen molar-refractivity contribution in [1.82, 2.24) is 20.4 Å². The molecule has 6 heteroatoms. The van der Waals surface area contributed by atoms with Crippen molar-refractivity contribution in [1.29, 1.82) is 0 Å². The first-order chi connectivity index (χ1) is 12.7. The van der Waals surface area contributed by atoms with Crippen molar-refractivity contribution in [2.24, 2.45) is 0 Å². The summed E-state index contributed by atoms with van der Waals surface area (Å²) in [5.41, 5.74) is 1.75. The number of nitrogens with one attached hydrogen (secondary N) is 2. The Balaban J connectivity index is 1.44. The third-order valence-electron chi connectivity index (χ3n) is 5.36. The van der Waals surface area contributed by atoms with Gasteiger partial charge in [0.1, 0.15) is 0 Å². The van der Waals surface area contributed by atoms with Crippen molar-refractivity contribution >= 4 is 11.8 Å². The van der Waals surface area contributed by atoms with Gasteiger partial charge in [-0.25, -0.2) is 0 Å². The van der Waals surface area contributed by atoms with Crippen LogP contribution < -0.4 is 10.6 Å². The minimum absolute atomic E-state index is 0.0546. The summed E-state index contributed by atoms with van der Waals surface area (Å²) in [5.74, 6) is 0.168. The van der Waals surface area contributed by atoms with E-state index in [1.807, 2.05) is 36.2 Å². The molecule has 0 saturated carbocycles. The van der Waals surface area contributed by atoms with E-state index in [1.165, 1.54) is 6.42 Å². The summed E-state index contributed by atoms with van der Waals surface area (Å²) >= 11 is 0. The number of hydrogen-bond acceptors (Lipinski definition) is 4. The van der Waals surface area contributed by atoms with Crippen LogP contribution in [0, 0.1) is 0 Å². The molecule has 2 aliphatic heterocycles. The molecular formula is C20H30N4O2. The van der Waals surface area contributed by atoms with E-state index in [0.717, 1.165) is 56.6 Å². The lowest BCUT2D eigenvalue weighted by Gasteiger charge is -2.31. The van der Waals surface area contributed by atoms with Gasteiger partial charge >= 0.3 is 0 Å². The van der Waals surface area contributed by atoms with Crippen LogP contribution in [0.2, 0.25) is 0 Å². The van der Waals surface area contributed by atoms with Gasteiger partial charge in [-0.1, -0.05) is 12.1 Å². The van der Waals surface area contributed by atoms with Crippen molar-refractivity contribution in [3.05, 3.63) is 35.4 Å². The van der Waals surface area contributed by atoms with E-state index in [2.05, 4.69) is 15.5 Å². The fraction of sp³-hybridized carbons (Fsp3) is 0.600. The summed E-state index contributed by atoms with van der Waals surface area (Å²) in [7, 11) is 1.98. The second-order valence-corrected chi connectivity index (χ2v) is 7.34. The van der Waals surface area contributed by atoms with E-state index < -0.39 is 0 Å². The summed E-state index contributed by atoms with van der Waals surface area (Å²) in [6.45, 7) is 4.59. The smallest absolute Gasteiger partial charge is 0.253 e. The highest BCUT2D eigenvalue weighted by Crippen LogP contribution is 2.14. The van der Waals surface area contributed by atoms with Gasteiger partial charge in [0.05, 0.1) is 6.54 Å². The zero-order valence-electron chi connectivity index (χ0n) is 15.7. The molecule has 2 fully saturated rings. The lowest BCUT2D eigenvalue weighted by Crippen LogP contribution is -2.47. The molecule has 2 N–H and O–H groups in total. The molecule has 1 unspecified atom stereocenters. The molecule has 1 aromatic carbocycles. The maximum Gasteiger partial charge on any atom is 0.253 e. The van der Waals surface area contributed by atoms with Gasteiger partial charge in [0, 0.05) is 37.8 Å². The van der Waals surface area contributed by atoms with Crippen molar-refractivity contribution in [3.8, 4) is 0 Å². The summed E-state index contributed by atoms with van der Waals surface area (Å²) < 4.78 is 0. The van der Waals surface area contributed by atoms with Gasteiger partial charge in [-0.2, -0.15) is 0 Å². The van der Waals surface area contributed by atoms with Crippen molar-refractivity contribution in [2.75, 3.05) is 39.8 Å². The summed E-state index contributed by atoms with van der Waals surface area (Å²) in [6.07, 6.45) is 4.51. The maximum absolute atomic E-state index is 12.3. The highest BCUT2D eigenvalue weighted by molar-refractivity contribution is 5.94. The normalized spacial score (nSPS) is 21.0. The molecule has 6 nitrogen and oxygen atoms in total. The van der Waals surface area contributed by atoms with Crippen LogP contribution in [0.3, 0.4) is 0 Å². The number of benzene rings is 1. The Bertz CT molecular complexity index is 611. The Morgan fingerprint density at radius 2 is 1.81 bits per heavy atom. The van der Waals surface area contributed by atoms with Crippen LogP contribution in [-0.4, -0.2) is 67.4 Å². The molecule has 2 heterocycles. The molecular weight excluding hydrogens is 328 g/mol. The SMILES string of the molecule is CNC1CCCN(CC(=O)NCc2ccc(C(=O)N3CCCC3)cc2)C1. The number of nitrogens with zero attached hydrogens (tertiary/aromatic N) is 2. The van der Waals surface area contributed by atoms with E-state index in [-0.39, 0.29) is 11.8 Å². The minimum Gasteiger partial charge on any atom is -0.351 e. The van der Waals surface area contributed by atoms with Crippen LogP contribution in [0.15, 0.2) is 24.3 Å². The second kappa shape index (κ2) is 9.14. The Morgan fingerprint density at radius 3 is 2.50 bits per heavy atom. The topological polar surface area (TPSA) is 64.7 Å². The molecule has 2 aliphatic rings. The fourth-order valence-electron chi connectivity index (χ4n) is 3.76. The lowest BCUT2D eigenvalue weighted by molar-refractivity contribution is -0.122. The first-order valence-electron chi connectivity index (χ1n) is 9.70. The molecule has 0 bridgehead atoms. The van der Waals surface area contributed by atoms with E-state index in [1.54, 1.807) is 0 Å². The highest BCUT2D eigenvalue weighted by atomic mass is 16.2. The zero-order chi connectivity index (χ0) is 18.4. The lowest BCUT2D eigenvalue weighted by atomic mass is 10.1. The van der Waals surface area contributed by atoms with E-state index in [0.29, 0.717) is 19.1 Å². The molecule has 1 atom stereocenters. The van der Waals surface area contributed by atoms with Gasteiger partial charge in [-0.3, -0.25) is 14.5 Å². The van der Waals surface area contributed by atoms with E-state index in [4.69, 9.17) is 0 Å². The third kappa shape index (κ3) is 5.05. The predicted octanol–water partition coefficient (Wildman–Crippen LogP) is 1.22. The molecule has 3 rings (SSSR count). The number of piperidine rings is 1. The Morgan fingerprint density at radius 1 is 1.08 bits per heavy atom. The van der Waals surface area contributed by atoms with Crippen LogP contribution in [0.4, 0.5) is 0 Å². The van der Waals surface area contributed by atoms with Gasteiger partial charge in [0.2, 0.25) is 5.91 Å². The van der Waals surface area contributed by atoms with E-state index >= 15 is 0 Å². The molecule has 0 aliphatic carbocycles. The first-order valence-corrected chi connectivity index (χ1v) is 9.70. The quantitative estimate of drug-likeness (QED) is 0.803. The predicted molar refractivity (Wildman–Crippen MR) is 102 cm³/mol. The first kappa shape index (κ1) is 18.9. The van der Waals surface area contributed by atoms with Crippen LogP contribution in [0.5, 0.6) is 0 Å². The molecule has 2 amide bonds. The van der Waals surface area contributed by atoms with Gasteiger partial charge in [0.15, 0.2) is 0 Å². The van der Waals surface area contributed by atoms with Crippen LogP contribution in [0.25, 0.3) is 0 Å². The molecule has 0 spiro atoms. The molecule has 26 heavy (non-hydrogen) atoms. The number of carbonyl (C=O) groups excluding carboxylic acids is 2. The van der Waals surface area contributed by atoms with Crippen LogP contribution in [0.1, 0.15) is 41.6 Å². The van der Waals surface area contributed by atoms with Gasteiger partial charge in [-0.15, -0.1) is 0 Å². The van der Waals surface area contributed by atoms with Crippen molar-refractivity contribution in [2.45, 2.75) is 38.3 Å². The number of amides is 2. The largest absolute Gasteiger partial charge is 0.351 e. The molecule has 0 radical (unpaired) electrons. The summed E-state index contributed by atoms with van der Waals surface area (Å²) in [4.78, 5) is 28.7. The number of hydrogen-bond donors (Lipinski definition) is 2. The van der Waals surface area contributed by atoms with Crippen molar-refractivity contribution < 1.29 is 9.59 Å². The Labute approximate surface area is 155 Å². The third-order valence-corrected chi connectivity index (χ3v) is 5.36. The average molecular weight is 358 g/mol. The van der Waals surface area contributed by atoms with Gasteiger partial charge < -0.3 is 15.5 Å². The summed E-state index contributed by atoms with van der Waals surface area (Å²) in [6, 6.07) is 8.08. The Kier molecular flexibility index (Phi) is 6.63. The number of likely N-dealkylation sites (N-methyl/N-ethyl adjacent to an activating group) is 1. The van der Waals surface area contributed by atoms with Crippen LogP contribution >= 0.6 is 0 Å². The maximum atomic E-state index is 12.3. The fourth-order valence-corrected chi connectivity index (χ4v) is 3.76. The standard InChI is InChI=1S/C20H30N4O2/c1-21-18-5-4-10-23(14-18)15-19(25)22-13-16-6-8-17(9-7-16)20(26)24-11-2-3-12-24/h6-9,18,21H,2-5,10-15H2,1H3,(H,22,25). The Hall–Kier alpha value is -1.92. The zero-order valence-corrected chi connectivity index (χ0v) is 15.7. The average Bonchev–Trinajstić information content (AvgIpc) is 3.21. The van der Waals surface area contributed by atoms with E-state index in [9.17, 15) is 9.59 Å². The van der Waals surface area contributed by atoms with Crippen molar-refractivity contribution in [3.63, 3.8) is 0 Å². The highest BCUT2D eigenvalue weighted by Gasteiger charge is 2.21.